The molecular formula is C15H24N2O. The number of likely N-dealkylation sites (tertiary alicyclic amines) is 1. The fourth-order valence-electron chi connectivity index (χ4n) is 2.65. The minimum Gasteiger partial charge on any atom is -0.380 e. The molecule has 1 aromatic carbocycles. The van der Waals surface area contributed by atoms with E-state index in [9.17, 15) is 0 Å². The first-order chi connectivity index (χ1) is 8.70. The third-order valence-electron chi connectivity index (χ3n) is 3.96. The number of piperidine rings is 1. The van der Waals surface area contributed by atoms with Crippen molar-refractivity contribution < 1.29 is 4.74 Å². The molecule has 0 saturated carbocycles. The summed E-state index contributed by atoms with van der Waals surface area (Å²) in [7, 11) is 1.81. The highest BCUT2D eigenvalue weighted by atomic mass is 16.5. The molecule has 2 rings (SSSR count). The van der Waals surface area contributed by atoms with Crippen molar-refractivity contribution in [1.29, 1.82) is 0 Å². The van der Waals surface area contributed by atoms with Gasteiger partial charge in [-0.2, -0.15) is 0 Å². The number of methoxy groups -OCH3 is 1. The lowest BCUT2D eigenvalue weighted by molar-refractivity contribution is -0.00643. The number of nitrogens with zero attached hydrogens (tertiary/aromatic N) is 1. The lowest BCUT2D eigenvalue weighted by Crippen LogP contribution is -2.46. The summed E-state index contributed by atoms with van der Waals surface area (Å²) in [5.41, 5.74) is 7.48. The normalized spacial score (nSPS) is 27.1. The summed E-state index contributed by atoms with van der Waals surface area (Å²) in [6, 6.07) is 10.4. The number of benzene rings is 1. The third-order valence-corrected chi connectivity index (χ3v) is 3.96. The van der Waals surface area contributed by atoms with E-state index in [2.05, 4.69) is 24.0 Å². The molecule has 0 aliphatic carbocycles. The number of ether oxygens (including phenoxy) is 1. The van der Waals surface area contributed by atoms with Crippen LogP contribution in [-0.4, -0.2) is 37.7 Å². The van der Waals surface area contributed by atoms with Gasteiger partial charge in [-0.3, -0.25) is 4.90 Å². The van der Waals surface area contributed by atoms with Crippen LogP contribution in [-0.2, 0) is 4.74 Å². The van der Waals surface area contributed by atoms with Crippen LogP contribution in [0.2, 0.25) is 0 Å². The van der Waals surface area contributed by atoms with Crippen LogP contribution in [0.4, 0.5) is 0 Å². The third kappa shape index (κ3) is 3.31. The summed E-state index contributed by atoms with van der Waals surface area (Å²) >= 11 is 0. The second-order valence-electron chi connectivity index (χ2n) is 5.32. The van der Waals surface area contributed by atoms with Gasteiger partial charge in [-0.15, -0.1) is 0 Å². The number of nitrogens with two attached hydrogens (primary N) is 1. The Bertz CT molecular complexity index is 355. The lowest BCUT2D eigenvalue weighted by Gasteiger charge is -2.37. The van der Waals surface area contributed by atoms with Crippen LogP contribution >= 0.6 is 0 Å². The Kier molecular flexibility index (Phi) is 4.75. The lowest BCUT2D eigenvalue weighted by atomic mass is 9.95. The molecule has 0 aromatic heterocycles. The smallest absolute Gasteiger partial charge is 0.0724 e. The molecule has 1 aliphatic heterocycles. The van der Waals surface area contributed by atoms with E-state index in [1.165, 1.54) is 12.0 Å². The number of rotatable bonds is 4. The van der Waals surface area contributed by atoms with E-state index in [0.717, 1.165) is 19.6 Å². The molecule has 3 heteroatoms. The molecular weight excluding hydrogens is 224 g/mol. The average molecular weight is 248 g/mol. The van der Waals surface area contributed by atoms with Gasteiger partial charge in [-0.05, 0) is 24.4 Å². The van der Waals surface area contributed by atoms with Gasteiger partial charge in [-0.25, -0.2) is 0 Å². The number of hydrogen-bond acceptors (Lipinski definition) is 3. The molecule has 0 spiro atoms. The van der Waals surface area contributed by atoms with E-state index < -0.39 is 0 Å². The monoisotopic (exact) mass is 248 g/mol. The minimum atomic E-state index is 0.0945. The van der Waals surface area contributed by atoms with Gasteiger partial charge in [0.15, 0.2) is 0 Å². The molecule has 0 bridgehead atoms. The van der Waals surface area contributed by atoms with Crippen molar-refractivity contribution >= 4 is 0 Å². The Morgan fingerprint density at radius 2 is 2.11 bits per heavy atom. The molecule has 0 amide bonds. The van der Waals surface area contributed by atoms with Gasteiger partial charge in [0, 0.05) is 26.2 Å². The molecule has 1 heterocycles. The topological polar surface area (TPSA) is 38.5 Å². The first kappa shape index (κ1) is 13.5. The van der Waals surface area contributed by atoms with Gasteiger partial charge in [0.05, 0.1) is 6.10 Å². The van der Waals surface area contributed by atoms with Crippen LogP contribution in [0, 0.1) is 5.92 Å². The van der Waals surface area contributed by atoms with Gasteiger partial charge in [0.25, 0.3) is 0 Å². The molecule has 3 unspecified atom stereocenters. The quantitative estimate of drug-likeness (QED) is 0.886. The van der Waals surface area contributed by atoms with Gasteiger partial charge >= 0.3 is 0 Å². The zero-order valence-electron chi connectivity index (χ0n) is 11.4. The van der Waals surface area contributed by atoms with E-state index in [0.29, 0.717) is 12.0 Å². The fraction of sp³-hybridized carbons (Fsp3) is 0.600. The van der Waals surface area contributed by atoms with Gasteiger partial charge in [0.1, 0.15) is 0 Å². The molecule has 3 nitrogen and oxygen atoms in total. The maximum atomic E-state index is 6.26. The van der Waals surface area contributed by atoms with E-state index in [4.69, 9.17) is 10.5 Å². The van der Waals surface area contributed by atoms with Crippen LogP contribution in [0.1, 0.15) is 24.9 Å². The van der Waals surface area contributed by atoms with E-state index in [-0.39, 0.29) is 6.04 Å². The van der Waals surface area contributed by atoms with Crippen molar-refractivity contribution in [3.8, 4) is 0 Å². The van der Waals surface area contributed by atoms with Crippen molar-refractivity contribution in [2.75, 3.05) is 26.7 Å². The molecule has 2 N–H and O–H groups in total. The standard InChI is InChI=1S/C15H24N2O/c1-12-8-9-17(11-15(12)18-2)10-14(16)13-6-4-3-5-7-13/h3-7,12,14-15H,8-11,16H2,1-2H3. The van der Waals surface area contributed by atoms with Crippen molar-refractivity contribution in [3.63, 3.8) is 0 Å². The van der Waals surface area contributed by atoms with E-state index >= 15 is 0 Å². The summed E-state index contributed by atoms with van der Waals surface area (Å²) in [5.74, 6) is 0.652. The Balaban J connectivity index is 1.90. The largest absolute Gasteiger partial charge is 0.380 e. The molecule has 18 heavy (non-hydrogen) atoms. The Hall–Kier alpha value is -0.900. The minimum absolute atomic E-state index is 0.0945. The van der Waals surface area contributed by atoms with Crippen molar-refractivity contribution in [2.45, 2.75) is 25.5 Å². The summed E-state index contributed by atoms with van der Waals surface area (Å²) in [5, 5.41) is 0. The molecule has 1 saturated heterocycles. The predicted molar refractivity (Wildman–Crippen MR) is 74.4 cm³/mol. The van der Waals surface area contributed by atoms with Crippen LogP contribution < -0.4 is 5.73 Å². The van der Waals surface area contributed by atoms with E-state index in [1.54, 1.807) is 0 Å². The second kappa shape index (κ2) is 6.32. The van der Waals surface area contributed by atoms with Crippen molar-refractivity contribution in [1.82, 2.24) is 4.90 Å². The Morgan fingerprint density at radius 3 is 2.78 bits per heavy atom. The van der Waals surface area contributed by atoms with Crippen LogP contribution in [0.15, 0.2) is 30.3 Å². The number of hydrogen-bond donors (Lipinski definition) is 1. The fourth-order valence-corrected chi connectivity index (χ4v) is 2.65. The molecule has 1 fully saturated rings. The van der Waals surface area contributed by atoms with Crippen molar-refractivity contribution in [3.05, 3.63) is 35.9 Å². The predicted octanol–water partition coefficient (Wildman–Crippen LogP) is 2.04. The Labute approximate surface area is 110 Å². The molecule has 100 valence electrons. The second-order valence-corrected chi connectivity index (χ2v) is 5.32. The summed E-state index contributed by atoms with van der Waals surface area (Å²) in [4.78, 5) is 2.42. The Morgan fingerprint density at radius 1 is 1.39 bits per heavy atom. The highest BCUT2D eigenvalue weighted by molar-refractivity contribution is 5.18. The summed E-state index contributed by atoms with van der Waals surface area (Å²) < 4.78 is 5.54. The first-order valence-electron chi connectivity index (χ1n) is 6.76. The molecule has 1 aliphatic rings. The maximum absolute atomic E-state index is 6.26. The van der Waals surface area contributed by atoms with Crippen LogP contribution in [0.5, 0.6) is 0 Å². The zero-order valence-corrected chi connectivity index (χ0v) is 11.4. The molecule has 1 aromatic rings. The van der Waals surface area contributed by atoms with Gasteiger partial charge in [0.2, 0.25) is 0 Å². The molecule has 3 atom stereocenters. The summed E-state index contributed by atoms with van der Waals surface area (Å²) in [6.07, 6.45) is 1.54. The maximum Gasteiger partial charge on any atom is 0.0724 e. The van der Waals surface area contributed by atoms with Gasteiger partial charge < -0.3 is 10.5 Å². The highest BCUT2D eigenvalue weighted by Crippen LogP contribution is 2.21. The van der Waals surface area contributed by atoms with Crippen LogP contribution in [0.25, 0.3) is 0 Å². The summed E-state index contributed by atoms with van der Waals surface area (Å²) in [6.45, 7) is 5.30. The average Bonchev–Trinajstić information content (AvgIpc) is 2.42. The SMILES string of the molecule is COC1CN(CC(N)c2ccccc2)CCC1C. The molecule has 0 radical (unpaired) electrons. The van der Waals surface area contributed by atoms with Crippen LogP contribution in [0.3, 0.4) is 0 Å². The van der Waals surface area contributed by atoms with Crippen molar-refractivity contribution in [2.24, 2.45) is 11.7 Å². The van der Waals surface area contributed by atoms with E-state index in [1.807, 2.05) is 25.3 Å². The highest BCUT2D eigenvalue weighted by Gasteiger charge is 2.26. The van der Waals surface area contributed by atoms with Gasteiger partial charge in [-0.1, -0.05) is 37.3 Å². The first-order valence-corrected chi connectivity index (χ1v) is 6.76. The zero-order chi connectivity index (χ0) is 13.0.